The number of imidazole rings is 1. The van der Waals surface area contributed by atoms with Gasteiger partial charge in [-0.15, -0.1) is 12.4 Å². The predicted molar refractivity (Wildman–Crippen MR) is 54.9 cm³/mol. The van der Waals surface area contributed by atoms with Gasteiger partial charge in [-0.05, 0) is 34.5 Å². The molecule has 0 radical (unpaired) electrons. The van der Waals surface area contributed by atoms with Crippen molar-refractivity contribution in [3.8, 4) is 0 Å². The van der Waals surface area contributed by atoms with E-state index in [-0.39, 0.29) is 12.4 Å². The maximum absolute atomic E-state index is 4.20. The van der Waals surface area contributed by atoms with E-state index in [4.69, 9.17) is 0 Å². The molecule has 0 N–H and O–H groups in total. The highest BCUT2D eigenvalue weighted by atomic mass is 79.9. The van der Waals surface area contributed by atoms with Gasteiger partial charge in [0, 0.05) is 23.1 Å². The summed E-state index contributed by atoms with van der Waals surface area (Å²) in [5, 5.41) is 0. The zero-order valence-electron chi connectivity index (χ0n) is 6.49. The number of pyridine rings is 1. The SMILES string of the molecule is Cc1cc(Br)cn2ccnc12.Cl. The second-order valence-corrected chi connectivity index (χ2v) is 3.42. The van der Waals surface area contributed by atoms with Gasteiger partial charge >= 0.3 is 0 Å². The standard InChI is InChI=1S/C8H7BrN2.ClH/c1-6-4-7(9)5-11-3-2-10-8(6)11;/h2-5H,1H3;1H. The minimum Gasteiger partial charge on any atom is -0.306 e. The molecule has 2 aromatic heterocycles. The van der Waals surface area contributed by atoms with Crippen molar-refractivity contribution >= 4 is 34.0 Å². The van der Waals surface area contributed by atoms with Gasteiger partial charge in [0.05, 0.1) is 0 Å². The number of halogens is 2. The highest BCUT2D eigenvalue weighted by molar-refractivity contribution is 9.10. The van der Waals surface area contributed by atoms with Crippen LogP contribution in [0, 0.1) is 6.92 Å². The maximum atomic E-state index is 4.20. The monoisotopic (exact) mass is 246 g/mol. The Bertz CT molecular complexity index is 397. The molecule has 2 rings (SSSR count). The van der Waals surface area contributed by atoms with Crippen LogP contribution in [0.1, 0.15) is 5.56 Å². The van der Waals surface area contributed by atoms with Gasteiger partial charge in [0.25, 0.3) is 0 Å². The van der Waals surface area contributed by atoms with Gasteiger partial charge in [0.1, 0.15) is 5.65 Å². The first-order valence-corrected chi connectivity index (χ1v) is 4.15. The van der Waals surface area contributed by atoms with Crippen molar-refractivity contribution in [3.05, 3.63) is 34.7 Å². The van der Waals surface area contributed by atoms with Gasteiger partial charge < -0.3 is 4.40 Å². The molecule has 4 heteroatoms. The van der Waals surface area contributed by atoms with E-state index in [0.717, 1.165) is 10.1 Å². The highest BCUT2D eigenvalue weighted by Crippen LogP contribution is 2.15. The van der Waals surface area contributed by atoms with E-state index in [1.165, 1.54) is 5.56 Å². The van der Waals surface area contributed by atoms with Crippen LogP contribution in [0.5, 0.6) is 0 Å². The maximum Gasteiger partial charge on any atom is 0.139 e. The quantitative estimate of drug-likeness (QED) is 0.700. The van der Waals surface area contributed by atoms with Crippen molar-refractivity contribution in [2.45, 2.75) is 6.92 Å². The molecule has 0 atom stereocenters. The van der Waals surface area contributed by atoms with Gasteiger partial charge in [-0.1, -0.05) is 0 Å². The molecule has 0 aromatic carbocycles. The first-order chi connectivity index (χ1) is 5.27. The van der Waals surface area contributed by atoms with Crippen molar-refractivity contribution in [2.75, 3.05) is 0 Å². The third-order valence-electron chi connectivity index (χ3n) is 1.64. The average Bonchev–Trinajstić information content (AvgIpc) is 2.34. The molecule has 12 heavy (non-hydrogen) atoms. The fourth-order valence-electron chi connectivity index (χ4n) is 1.16. The minimum atomic E-state index is 0. The van der Waals surface area contributed by atoms with Crippen LogP contribution in [0.2, 0.25) is 0 Å². The van der Waals surface area contributed by atoms with Gasteiger partial charge in [0.2, 0.25) is 0 Å². The van der Waals surface area contributed by atoms with Crippen LogP contribution in [-0.2, 0) is 0 Å². The normalized spacial score (nSPS) is 9.83. The average molecular weight is 248 g/mol. The lowest BCUT2D eigenvalue weighted by atomic mass is 10.3. The summed E-state index contributed by atoms with van der Waals surface area (Å²) in [6.45, 7) is 2.05. The first kappa shape index (κ1) is 9.55. The minimum absolute atomic E-state index is 0. The Labute approximate surface area is 85.2 Å². The van der Waals surface area contributed by atoms with Crippen molar-refractivity contribution < 1.29 is 0 Å². The third-order valence-corrected chi connectivity index (χ3v) is 2.07. The molecule has 0 bridgehead atoms. The Balaban J connectivity index is 0.000000720. The highest BCUT2D eigenvalue weighted by Gasteiger charge is 1.98. The molecular weight excluding hydrogens is 239 g/mol. The fourth-order valence-corrected chi connectivity index (χ4v) is 1.73. The van der Waals surface area contributed by atoms with E-state index >= 15 is 0 Å². The molecule has 0 aliphatic carbocycles. The lowest BCUT2D eigenvalue weighted by molar-refractivity contribution is 1.15. The summed E-state index contributed by atoms with van der Waals surface area (Å²) in [6, 6.07) is 2.06. The van der Waals surface area contributed by atoms with Crippen LogP contribution < -0.4 is 0 Å². The Morgan fingerprint density at radius 1 is 1.50 bits per heavy atom. The van der Waals surface area contributed by atoms with Crippen LogP contribution in [0.25, 0.3) is 5.65 Å². The zero-order valence-corrected chi connectivity index (χ0v) is 8.89. The number of aromatic nitrogens is 2. The summed E-state index contributed by atoms with van der Waals surface area (Å²) in [5.41, 5.74) is 2.21. The summed E-state index contributed by atoms with van der Waals surface area (Å²) < 4.78 is 3.08. The lowest BCUT2D eigenvalue weighted by Crippen LogP contribution is -1.86. The molecule has 0 spiro atoms. The van der Waals surface area contributed by atoms with Crippen molar-refractivity contribution in [3.63, 3.8) is 0 Å². The van der Waals surface area contributed by atoms with Crippen molar-refractivity contribution in [1.82, 2.24) is 9.38 Å². The number of fused-ring (bicyclic) bond motifs is 1. The van der Waals surface area contributed by atoms with E-state index in [9.17, 15) is 0 Å². The predicted octanol–water partition coefficient (Wildman–Crippen LogP) is 2.83. The summed E-state index contributed by atoms with van der Waals surface area (Å²) >= 11 is 3.42. The molecule has 64 valence electrons. The van der Waals surface area contributed by atoms with Crippen LogP contribution >= 0.6 is 28.3 Å². The summed E-state index contributed by atoms with van der Waals surface area (Å²) in [5.74, 6) is 0. The second kappa shape index (κ2) is 3.46. The van der Waals surface area contributed by atoms with E-state index in [1.807, 2.05) is 23.7 Å². The Kier molecular flexibility index (Phi) is 2.75. The summed E-state index contributed by atoms with van der Waals surface area (Å²) in [4.78, 5) is 4.20. The molecule has 2 aromatic rings. The second-order valence-electron chi connectivity index (χ2n) is 2.50. The van der Waals surface area contributed by atoms with E-state index in [2.05, 4.69) is 27.0 Å². The van der Waals surface area contributed by atoms with Gasteiger partial charge in [-0.3, -0.25) is 0 Å². The molecule has 0 aliphatic heterocycles. The number of rotatable bonds is 0. The first-order valence-electron chi connectivity index (χ1n) is 3.36. The van der Waals surface area contributed by atoms with E-state index < -0.39 is 0 Å². The van der Waals surface area contributed by atoms with E-state index in [1.54, 1.807) is 6.20 Å². The van der Waals surface area contributed by atoms with E-state index in [0.29, 0.717) is 0 Å². The summed E-state index contributed by atoms with van der Waals surface area (Å²) in [6.07, 6.45) is 5.73. The number of hydrogen-bond donors (Lipinski definition) is 0. The smallest absolute Gasteiger partial charge is 0.139 e. The molecule has 0 fully saturated rings. The number of aryl methyl sites for hydroxylation is 1. The molecule has 0 unspecified atom stereocenters. The number of hydrogen-bond acceptors (Lipinski definition) is 1. The molecule has 0 amide bonds. The van der Waals surface area contributed by atoms with Crippen LogP contribution in [-0.4, -0.2) is 9.38 Å². The van der Waals surface area contributed by atoms with Gasteiger partial charge in [-0.2, -0.15) is 0 Å². The molecule has 0 aliphatic rings. The van der Waals surface area contributed by atoms with Gasteiger partial charge in [0.15, 0.2) is 0 Å². The van der Waals surface area contributed by atoms with Crippen LogP contribution in [0.4, 0.5) is 0 Å². The van der Waals surface area contributed by atoms with Crippen LogP contribution in [0.3, 0.4) is 0 Å². The third kappa shape index (κ3) is 1.47. The Hall–Kier alpha value is -0.540. The van der Waals surface area contributed by atoms with Crippen LogP contribution in [0.15, 0.2) is 29.1 Å². The summed E-state index contributed by atoms with van der Waals surface area (Å²) in [7, 11) is 0. The fraction of sp³-hybridized carbons (Fsp3) is 0.125. The zero-order chi connectivity index (χ0) is 7.84. The molecule has 2 nitrogen and oxygen atoms in total. The largest absolute Gasteiger partial charge is 0.306 e. The molecular formula is C8H8BrClN2. The lowest BCUT2D eigenvalue weighted by Gasteiger charge is -1.97. The van der Waals surface area contributed by atoms with Crippen molar-refractivity contribution in [1.29, 1.82) is 0 Å². The Morgan fingerprint density at radius 3 is 3.00 bits per heavy atom. The molecule has 0 saturated carbocycles. The van der Waals surface area contributed by atoms with Gasteiger partial charge in [-0.25, -0.2) is 4.98 Å². The topological polar surface area (TPSA) is 17.3 Å². The van der Waals surface area contributed by atoms with Crippen molar-refractivity contribution in [2.24, 2.45) is 0 Å². The number of nitrogens with zero attached hydrogens (tertiary/aromatic N) is 2. The molecule has 2 heterocycles. The molecule has 0 saturated heterocycles. The Morgan fingerprint density at radius 2 is 2.25 bits per heavy atom.